The van der Waals surface area contributed by atoms with E-state index in [4.69, 9.17) is 18.5 Å². The fourth-order valence-electron chi connectivity index (χ4n) is 3.47. The first-order chi connectivity index (χ1) is 16.8. The number of benzene rings is 1. The monoisotopic (exact) mass is 529 g/mol. The molecule has 3 rings (SSSR count). The molecule has 1 saturated heterocycles. The summed E-state index contributed by atoms with van der Waals surface area (Å²) < 4.78 is 51.4. The molecular formula is C22H29FN3O9P. The van der Waals surface area contributed by atoms with Gasteiger partial charge in [0.1, 0.15) is 24.0 Å². The fourth-order valence-corrected chi connectivity index (χ4v) is 4.97. The molecule has 3 unspecified atom stereocenters. The number of hydrogen-bond acceptors (Lipinski definition) is 9. The third-order valence-corrected chi connectivity index (χ3v) is 6.90. The Kier molecular flexibility index (Phi) is 8.52. The molecule has 0 spiro atoms. The normalized spacial score (nSPS) is 26.4. The minimum Gasteiger partial charge on any atom is -0.462 e. The van der Waals surface area contributed by atoms with Crippen molar-refractivity contribution in [1.29, 1.82) is 0 Å². The number of ether oxygens (including phenoxy) is 2. The number of hydrogen-bond donors (Lipinski definition) is 3. The molecule has 0 aliphatic carbocycles. The molecule has 1 aliphatic rings. The number of nitrogens with one attached hydrogen (secondary N) is 2. The maximum Gasteiger partial charge on any atom is 0.459 e. The van der Waals surface area contributed by atoms with Crippen molar-refractivity contribution in [2.45, 2.75) is 63.9 Å². The zero-order valence-electron chi connectivity index (χ0n) is 20.1. The van der Waals surface area contributed by atoms with Gasteiger partial charge in [-0.25, -0.2) is 13.8 Å². The summed E-state index contributed by atoms with van der Waals surface area (Å²) in [6.07, 6.45) is -4.21. The number of aliphatic hydroxyl groups excluding tert-OH is 1. The maximum absolute atomic E-state index is 15.4. The number of halogens is 1. The average Bonchev–Trinajstić information content (AvgIpc) is 3.01. The summed E-state index contributed by atoms with van der Waals surface area (Å²) in [5.74, 6) is -0.560. The Balaban J connectivity index is 1.80. The van der Waals surface area contributed by atoms with Crippen LogP contribution in [0.25, 0.3) is 0 Å². The van der Waals surface area contributed by atoms with Crippen LogP contribution in [0.3, 0.4) is 0 Å². The number of carbonyl (C=O) groups excluding carboxylic acids is 1. The van der Waals surface area contributed by atoms with Crippen LogP contribution in [0.4, 0.5) is 4.39 Å². The Bertz CT molecular complexity index is 1220. The summed E-state index contributed by atoms with van der Waals surface area (Å²) in [4.78, 5) is 37.7. The SMILES string of the molecule is CC(C)OC(=O)[C@H](C)NP(=O)(OCC1O[C@@H](n2ccc(=O)[nH]c2=O)C(C)(F)[C@H]1O)Oc1ccccc1. The van der Waals surface area contributed by atoms with Gasteiger partial charge in [-0.05, 0) is 39.8 Å². The van der Waals surface area contributed by atoms with Crippen molar-refractivity contribution in [3.63, 3.8) is 0 Å². The summed E-state index contributed by atoms with van der Waals surface area (Å²) in [7, 11) is -4.30. The number of aromatic amines is 1. The van der Waals surface area contributed by atoms with Crippen molar-refractivity contribution >= 4 is 13.7 Å². The van der Waals surface area contributed by atoms with Gasteiger partial charge in [-0.1, -0.05) is 18.2 Å². The number of carbonyl (C=O) groups is 1. The van der Waals surface area contributed by atoms with E-state index in [2.05, 4.69) is 5.09 Å². The van der Waals surface area contributed by atoms with Crippen LogP contribution in [0.2, 0.25) is 0 Å². The molecular weight excluding hydrogens is 500 g/mol. The predicted molar refractivity (Wildman–Crippen MR) is 125 cm³/mol. The highest BCUT2D eigenvalue weighted by molar-refractivity contribution is 7.52. The molecule has 12 nitrogen and oxygen atoms in total. The lowest BCUT2D eigenvalue weighted by molar-refractivity contribution is -0.149. The average molecular weight is 529 g/mol. The van der Waals surface area contributed by atoms with Crippen molar-refractivity contribution in [3.05, 3.63) is 63.4 Å². The predicted octanol–water partition coefficient (Wildman–Crippen LogP) is 1.66. The molecule has 1 aromatic carbocycles. The summed E-state index contributed by atoms with van der Waals surface area (Å²) in [6.45, 7) is 5.07. The van der Waals surface area contributed by atoms with Gasteiger partial charge in [-0.2, -0.15) is 5.09 Å². The second kappa shape index (κ2) is 11.1. The van der Waals surface area contributed by atoms with E-state index in [-0.39, 0.29) is 5.75 Å². The van der Waals surface area contributed by atoms with Gasteiger partial charge in [0.05, 0.1) is 12.7 Å². The zero-order chi connectivity index (χ0) is 26.7. The first kappa shape index (κ1) is 27.8. The quantitative estimate of drug-likeness (QED) is 0.305. The van der Waals surface area contributed by atoms with Gasteiger partial charge in [-0.15, -0.1) is 0 Å². The number of H-pyrrole nitrogens is 1. The zero-order valence-corrected chi connectivity index (χ0v) is 21.0. The van der Waals surface area contributed by atoms with Gasteiger partial charge in [0, 0.05) is 12.3 Å². The Morgan fingerprint density at radius 1 is 1.28 bits per heavy atom. The fraction of sp³-hybridized carbons (Fsp3) is 0.500. The molecule has 2 heterocycles. The smallest absolute Gasteiger partial charge is 0.459 e. The Morgan fingerprint density at radius 3 is 2.56 bits per heavy atom. The lowest BCUT2D eigenvalue weighted by Crippen LogP contribution is -2.43. The van der Waals surface area contributed by atoms with Gasteiger partial charge >= 0.3 is 19.4 Å². The molecule has 3 N–H and O–H groups in total. The maximum atomic E-state index is 15.4. The van der Waals surface area contributed by atoms with E-state index in [1.54, 1.807) is 32.0 Å². The number of nitrogens with zero attached hydrogens (tertiary/aromatic N) is 1. The van der Waals surface area contributed by atoms with Gasteiger partial charge in [-0.3, -0.25) is 23.7 Å². The van der Waals surface area contributed by atoms with Crippen LogP contribution < -0.4 is 20.9 Å². The van der Waals surface area contributed by atoms with Crippen molar-refractivity contribution < 1.29 is 37.4 Å². The molecule has 0 bridgehead atoms. The van der Waals surface area contributed by atoms with Gasteiger partial charge in [0.15, 0.2) is 11.9 Å². The van der Waals surface area contributed by atoms with E-state index in [0.29, 0.717) is 0 Å². The molecule has 6 atom stereocenters. The number of rotatable bonds is 10. The first-order valence-corrected chi connectivity index (χ1v) is 12.7. The van der Waals surface area contributed by atoms with Crippen LogP contribution >= 0.6 is 7.75 Å². The molecule has 1 aliphatic heterocycles. The first-order valence-electron chi connectivity index (χ1n) is 11.1. The second-order valence-electron chi connectivity index (χ2n) is 8.67. The van der Waals surface area contributed by atoms with Gasteiger partial charge < -0.3 is 19.1 Å². The van der Waals surface area contributed by atoms with Crippen LogP contribution in [-0.2, 0) is 23.4 Å². The van der Waals surface area contributed by atoms with Crippen LogP contribution in [0.15, 0.2) is 52.2 Å². The number of para-hydroxylation sites is 1. The number of esters is 1. The Morgan fingerprint density at radius 2 is 1.94 bits per heavy atom. The van der Waals surface area contributed by atoms with E-state index in [1.807, 2.05) is 4.98 Å². The van der Waals surface area contributed by atoms with Crippen LogP contribution in [0.5, 0.6) is 5.75 Å². The van der Waals surface area contributed by atoms with Crippen molar-refractivity contribution in [3.8, 4) is 5.75 Å². The van der Waals surface area contributed by atoms with Gasteiger partial charge in [0.25, 0.3) is 5.56 Å². The molecule has 2 aromatic rings. The topological polar surface area (TPSA) is 158 Å². The molecule has 14 heteroatoms. The van der Waals surface area contributed by atoms with E-state index in [1.165, 1.54) is 19.1 Å². The van der Waals surface area contributed by atoms with Crippen LogP contribution in [0.1, 0.15) is 33.9 Å². The molecule has 0 saturated carbocycles. The lowest BCUT2D eigenvalue weighted by Gasteiger charge is -2.25. The van der Waals surface area contributed by atoms with Crippen LogP contribution in [0, 0.1) is 0 Å². The Labute approximate surface area is 205 Å². The van der Waals surface area contributed by atoms with Crippen molar-refractivity contribution in [2.75, 3.05) is 6.61 Å². The summed E-state index contributed by atoms with van der Waals surface area (Å²) in [5, 5.41) is 13.0. The lowest BCUT2D eigenvalue weighted by atomic mass is 9.98. The molecule has 36 heavy (non-hydrogen) atoms. The highest BCUT2D eigenvalue weighted by Crippen LogP contribution is 2.47. The molecule has 0 radical (unpaired) electrons. The molecule has 198 valence electrons. The molecule has 1 fully saturated rings. The van der Waals surface area contributed by atoms with Crippen molar-refractivity contribution in [2.24, 2.45) is 0 Å². The highest BCUT2D eigenvalue weighted by Gasteiger charge is 2.55. The van der Waals surface area contributed by atoms with E-state index < -0.39 is 67.8 Å². The van der Waals surface area contributed by atoms with E-state index >= 15 is 4.39 Å². The standard InChI is InChI=1S/C22H29FN3O9P/c1-13(2)33-19(29)14(3)25-36(31,35-15-8-6-5-7-9-15)32-12-16-18(28)22(4,23)20(34-16)26-11-10-17(27)24-21(26)30/h5-11,13-14,16,18,20,28H,12H2,1-4H3,(H,25,31)(H,24,27,30)/t14-,16?,18-,20+,22?,36?/m0/s1. The summed E-state index contributed by atoms with van der Waals surface area (Å²) in [5.41, 5.74) is -4.12. The summed E-state index contributed by atoms with van der Waals surface area (Å²) >= 11 is 0. The highest BCUT2D eigenvalue weighted by atomic mass is 31.2. The molecule has 1 aromatic heterocycles. The van der Waals surface area contributed by atoms with E-state index in [0.717, 1.165) is 23.8 Å². The summed E-state index contributed by atoms with van der Waals surface area (Å²) in [6, 6.07) is 7.86. The third-order valence-electron chi connectivity index (χ3n) is 5.26. The van der Waals surface area contributed by atoms with Crippen LogP contribution in [-0.4, -0.2) is 57.3 Å². The largest absolute Gasteiger partial charge is 0.462 e. The molecule has 0 amide bonds. The van der Waals surface area contributed by atoms with Gasteiger partial charge in [0.2, 0.25) is 0 Å². The third kappa shape index (κ3) is 6.48. The number of aromatic nitrogens is 2. The number of aliphatic hydroxyl groups is 1. The Hall–Kier alpha value is -2.83. The minimum atomic E-state index is -4.30. The number of alkyl halides is 1. The van der Waals surface area contributed by atoms with Crippen molar-refractivity contribution in [1.82, 2.24) is 14.6 Å². The second-order valence-corrected chi connectivity index (χ2v) is 10.4. The minimum absolute atomic E-state index is 0.152. The van der Waals surface area contributed by atoms with E-state index in [9.17, 15) is 24.1 Å².